The van der Waals surface area contributed by atoms with Crippen molar-refractivity contribution in [2.75, 3.05) is 39.6 Å². The average Bonchev–Trinajstić information content (AvgIpc) is 3.21. The molecule has 4 aromatic rings. The van der Waals surface area contributed by atoms with Crippen molar-refractivity contribution in [1.29, 1.82) is 0 Å². The molecule has 2 aromatic heterocycles. The van der Waals surface area contributed by atoms with Crippen LogP contribution in [0.1, 0.15) is 13.8 Å². The van der Waals surface area contributed by atoms with Crippen LogP contribution in [-0.2, 0) is 0 Å². The molecule has 6 nitrogen and oxygen atoms in total. The Hall–Kier alpha value is -3.38. The zero-order valence-corrected chi connectivity index (χ0v) is 19.5. The minimum Gasteiger partial charge on any atom is -0.497 e. The van der Waals surface area contributed by atoms with E-state index in [9.17, 15) is 0 Å². The van der Waals surface area contributed by atoms with Crippen molar-refractivity contribution in [3.8, 4) is 28.3 Å². The molecule has 4 rings (SSSR count). The summed E-state index contributed by atoms with van der Waals surface area (Å²) < 4.78 is 7.20. The van der Waals surface area contributed by atoms with Crippen LogP contribution in [0.25, 0.3) is 28.2 Å². The van der Waals surface area contributed by atoms with Crippen molar-refractivity contribution in [2.24, 2.45) is 5.41 Å². The molecule has 32 heavy (non-hydrogen) atoms. The van der Waals surface area contributed by atoms with Crippen LogP contribution in [-0.4, -0.2) is 48.9 Å². The number of nitrogens with zero attached hydrogens (tertiary/aromatic N) is 3. The highest BCUT2D eigenvalue weighted by Gasteiger charge is 2.22. The maximum absolute atomic E-state index is 5.29. The van der Waals surface area contributed by atoms with Gasteiger partial charge in [0.1, 0.15) is 11.6 Å². The third-order valence-electron chi connectivity index (χ3n) is 5.46. The first kappa shape index (κ1) is 21.8. The first-order valence-corrected chi connectivity index (χ1v) is 11.0. The monoisotopic (exact) mass is 430 g/mol. The van der Waals surface area contributed by atoms with Gasteiger partial charge in [0.15, 0.2) is 5.65 Å². The van der Waals surface area contributed by atoms with Crippen molar-refractivity contribution < 1.29 is 9.64 Å². The molecule has 166 valence electrons. The normalized spacial score (nSPS) is 11.8. The summed E-state index contributed by atoms with van der Waals surface area (Å²) >= 11 is 0. The van der Waals surface area contributed by atoms with Crippen molar-refractivity contribution >= 4 is 11.5 Å². The van der Waals surface area contributed by atoms with E-state index in [4.69, 9.17) is 14.8 Å². The summed E-state index contributed by atoms with van der Waals surface area (Å²) in [7, 11) is 6.05. The van der Waals surface area contributed by atoms with E-state index in [0.29, 0.717) is 0 Å². The van der Waals surface area contributed by atoms with E-state index < -0.39 is 0 Å². The molecule has 0 fully saturated rings. The number of quaternary nitrogens is 1. The molecular formula is C26H32N5O+. The Bertz CT molecular complexity index is 1180. The molecule has 0 aliphatic heterocycles. The molecule has 0 saturated heterocycles. The van der Waals surface area contributed by atoms with Gasteiger partial charge in [-0.1, -0.05) is 44.2 Å². The summed E-state index contributed by atoms with van der Waals surface area (Å²) in [5.74, 6) is 1.77. The Balaban J connectivity index is 1.75. The topological polar surface area (TPSA) is 55.9 Å². The number of hydrogen-bond donors (Lipinski definition) is 2. The van der Waals surface area contributed by atoms with Crippen molar-refractivity contribution in [3.05, 3.63) is 66.7 Å². The van der Waals surface area contributed by atoms with Crippen LogP contribution in [0.15, 0.2) is 66.7 Å². The van der Waals surface area contributed by atoms with Gasteiger partial charge in [0, 0.05) is 35.2 Å². The van der Waals surface area contributed by atoms with Gasteiger partial charge >= 0.3 is 0 Å². The Labute approximate surface area is 189 Å². The first-order chi connectivity index (χ1) is 15.3. The number of aromatic nitrogens is 3. The fourth-order valence-corrected chi connectivity index (χ4v) is 4.11. The van der Waals surface area contributed by atoms with E-state index in [2.05, 4.69) is 51.5 Å². The van der Waals surface area contributed by atoms with E-state index in [1.165, 1.54) is 4.90 Å². The lowest BCUT2D eigenvalue weighted by molar-refractivity contribution is -0.865. The molecule has 0 spiro atoms. The van der Waals surface area contributed by atoms with Gasteiger partial charge in [-0.15, -0.1) is 0 Å². The fourth-order valence-electron chi connectivity index (χ4n) is 4.11. The van der Waals surface area contributed by atoms with E-state index in [-0.39, 0.29) is 5.41 Å². The van der Waals surface area contributed by atoms with E-state index >= 15 is 0 Å². The van der Waals surface area contributed by atoms with Gasteiger partial charge in [0.25, 0.3) is 0 Å². The third kappa shape index (κ3) is 4.92. The number of fused-ring (bicyclic) bond motifs is 1. The molecule has 0 saturated carbocycles. The molecular weight excluding hydrogens is 398 g/mol. The zero-order chi connectivity index (χ0) is 22.7. The Morgan fingerprint density at radius 1 is 0.938 bits per heavy atom. The second kappa shape index (κ2) is 9.01. The largest absolute Gasteiger partial charge is 0.497 e. The van der Waals surface area contributed by atoms with Crippen molar-refractivity contribution in [3.63, 3.8) is 0 Å². The van der Waals surface area contributed by atoms with Crippen LogP contribution in [0.3, 0.4) is 0 Å². The molecule has 2 aromatic carbocycles. The van der Waals surface area contributed by atoms with Gasteiger partial charge in [0.2, 0.25) is 0 Å². The molecule has 6 heteroatoms. The summed E-state index contributed by atoms with van der Waals surface area (Å²) in [5, 5.41) is 8.53. The third-order valence-corrected chi connectivity index (χ3v) is 5.46. The fraction of sp³-hybridized carbons (Fsp3) is 0.308. The average molecular weight is 431 g/mol. The quantitative estimate of drug-likeness (QED) is 0.448. The predicted molar refractivity (Wildman–Crippen MR) is 130 cm³/mol. The molecule has 0 bridgehead atoms. The molecule has 0 aliphatic rings. The van der Waals surface area contributed by atoms with Gasteiger partial charge in [0.05, 0.1) is 39.1 Å². The predicted octanol–water partition coefficient (Wildman–Crippen LogP) is 3.65. The summed E-state index contributed by atoms with van der Waals surface area (Å²) in [4.78, 5) is 6.34. The van der Waals surface area contributed by atoms with Crippen LogP contribution in [0, 0.1) is 5.41 Å². The molecule has 0 unspecified atom stereocenters. The zero-order valence-electron chi connectivity index (χ0n) is 19.5. The highest BCUT2D eigenvalue weighted by Crippen LogP contribution is 2.27. The second-order valence-corrected chi connectivity index (χ2v) is 9.32. The van der Waals surface area contributed by atoms with Gasteiger partial charge < -0.3 is 15.0 Å². The first-order valence-electron chi connectivity index (χ1n) is 11.0. The lowest BCUT2D eigenvalue weighted by Gasteiger charge is -2.26. The summed E-state index contributed by atoms with van der Waals surface area (Å²) in [6, 6.07) is 22.3. The molecule has 2 heterocycles. The van der Waals surface area contributed by atoms with Crippen LogP contribution in [0.2, 0.25) is 0 Å². The Morgan fingerprint density at radius 3 is 2.28 bits per heavy atom. The number of methoxy groups -OCH3 is 1. The Kier molecular flexibility index (Phi) is 6.15. The highest BCUT2D eigenvalue weighted by molar-refractivity contribution is 5.71. The minimum atomic E-state index is 0.132. The van der Waals surface area contributed by atoms with Crippen molar-refractivity contribution in [2.45, 2.75) is 13.8 Å². The van der Waals surface area contributed by atoms with E-state index in [1.54, 1.807) is 7.11 Å². The Morgan fingerprint density at radius 2 is 1.62 bits per heavy atom. The van der Waals surface area contributed by atoms with Gasteiger partial charge in [-0.3, -0.25) is 0 Å². The lowest BCUT2D eigenvalue weighted by atomic mass is 9.93. The van der Waals surface area contributed by atoms with Crippen LogP contribution < -0.4 is 15.0 Å². The summed E-state index contributed by atoms with van der Waals surface area (Å²) in [6.07, 6.45) is 0. The SMILES string of the molecule is COc1ccc(-c2cc3nc(-c4ccccc4)cc(NCC(C)(C)C[NH+](C)C)n3n2)cc1. The maximum Gasteiger partial charge on any atom is 0.158 e. The number of benzene rings is 2. The minimum absolute atomic E-state index is 0.132. The maximum atomic E-state index is 5.29. The van der Waals surface area contributed by atoms with E-state index in [1.807, 2.05) is 53.0 Å². The van der Waals surface area contributed by atoms with Gasteiger partial charge in [-0.2, -0.15) is 9.61 Å². The number of anilines is 1. The lowest BCUT2D eigenvalue weighted by Crippen LogP contribution is -3.07. The van der Waals surface area contributed by atoms with Crippen LogP contribution in [0.5, 0.6) is 5.75 Å². The number of ether oxygens (including phenoxy) is 1. The smallest absolute Gasteiger partial charge is 0.158 e. The standard InChI is InChI=1S/C26H31N5O/c1-26(2,18-30(3)4)17-27-24-15-22(19-9-7-6-8-10-19)28-25-16-23(29-31(24)25)20-11-13-21(32-5)14-12-20/h6-16,27H,17-18H2,1-5H3/p+1. The summed E-state index contributed by atoms with van der Waals surface area (Å²) in [5.41, 5.74) is 4.87. The van der Waals surface area contributed by atoms with Crippen molar-refractivity contribution in [1.82, 2.24) is 14.6 Å². The molecule has 0 amide bonds. The van der Waals surface area contributed by atoms with Crippen LogP contribution in [0.4, 0.5) is 5.82 Å². The van der Waals surface area contributed by atoms with Gasteiger partial charge in [-0.25, -0.2) is 4.98 Å². The second-order valence-electron chi connectivity index (χ2n) is 9.32. The number of hydrogen-bond acceptors (Lipinski definition) is 4. The van der Waals surface area contributed by atoms with Crippen LogP contribution >= 0.6 is 0 Å². The van der Waals surface area contributed by atoms with E-state index in [0.717, 1.165) is 52.8 Å². The van der Waals surface area contributed by atoms with Gasteiger partial charge in [-0.05, 0) is 24.3 Å². The molecule has 0 radical (unpaired) electrons. The highest BCUT2D eigenvalue weighted by atomic mass is 16.5. The summed E-state index contributed by atoms with van der Waals surface area (Å²) in [6.45, 7) is 6.48. The number of rotatable bonds is 8. The molecule has 0 atom stereocenters. The molecule has 0 aliphatic carbocycles. The number of nitrogens with one attached hydrogen (secondary N) is 2. The molecule has 2 N–H and O–H groups in total.